The van der Waals surface area contributed by atoms with Gasteiger partial charge in [0.25, 0.3) is 6.34 Å². The smallest absolute Gasteiger partial charge is 0.339 e. The van der Waals surface area contributed by atoms with Gasteiger partial charge in [0, 0.05) is 20.8 Å². The molecule has 4 atom stereocenters. The summed E-state index contributed by atoms with van der Waals surface area (Å²) in [5, 5.41) is 12.3. The predicted octanol–water partition coefficient (Wildman–Crippen LogP) is -2.63. The third kappa shape index (κ3) is 4.49. The molecule has 2 aliphatic heterocycles. The Morgan fingerprint density at radius 3 is 2.22 bits per heavy atom. The Labute approximate surface area is 153 Å². The quantitative estimate of drug-likeness (QED) is 0.291. The molecular formula is C15H17N3O9. The van der Waals surface area contributed by atoms with Crippen molar-refractivity contribution >= 4 is 30.2 Å². The number of hydrogen-bond acceptors (Lipinski definition) is 11. The second-order valence-electron chi connectivity index (χ2n) is 5.62. The van der Waals surface area contributed by atoms with E-state index in [1.165, 1.54) is 0 Å². The topological polar surface area (TPSA) is 170 Å². The largest absolute Gasteiger partial charge is 0.789 e. The van der Waals surface area contributed by atoms with Crippen LogP contribution in [0.1, 0.15) is 20.8 Å². The Balaban J connectivity index is 2.35. The molecule has 0 radical (unpaired) electrons. The normalized spacial score (nSPS) is 26.6. The number of nitrogens with zero attached hydrogens (tertiary/aromatic N) is 2. The van der Waals surface area contributed by atoms with Gasteiger partial charge in [0.2, 0.25) is 6.23 Å². The molecule has 1 amide bonds. The molecule has 0 aromatic heterocycles. The molecule has 2 N–H and O–H groups in total. The molecule has 2 heterocycles. The Morgan fingerprint density at radius 2 is 1.74 bits per heavy atom. The van der Waals surface area contributed by atoms with Crippen LogP contribution in [0.25, 0.3) is 0 Å². The van der Waals surface area contributed by atoms with Gasteiger partial charge in [-0.3, -0.25) is 14.4 Å². The maximum absolute atomic E-state index is 12.3. The first kappa shape index (κ1) is 20.1. The number of esters is 3. The summed E-state index contributed by atoms with van der Waals surface area (Å²) in [5.41, 5.74) is 4.47. The van der Waals surface area contributed by atoms with Crippen molar-refractivity contribution in [1.29, 1.82) is 0 Å². The van der Waals surface area contributed by atoms with Gasteiger partial charge in [0.05, 0.1) is 0 Å². The van der Waals surface area contributed by atoms with Crippen LogP contribution in [0.3, 0.4) is 0 Å². The summed E-state index contributed by atoms with van der Waals surface area (Å²) in [6, 6.07) is 0. The monoisotopic (exact) mass is 383 g/mol. The number of carbonyl (C=O) groups is 4. The van der Waals surface area contributed by atoms with Gasteiger partial charge in [-0.15, -0.1) is 4.90 Å². The molecule has 1 fully saturated rings. The number of amides is 1. The average Bonchev–Trinajstić information content (AvgIpc) is 3.06. The van der Waals surface area contributed by atoms with Crippen LogP contribution in [0.15, 0.2) is 16.6 Å². The highest BCUT2D eigenvalue weighted by Gasteiger charge is 2.55. The molecule has 0 aliphatic carbocycles. The number of rotatable bonds is 6. The summed E-state index contributed by atoms with van der Waals surface area (Å²) in [5.74, 6) is -4.10. The maximum Gasteiger partial charge on any atom is 0.339 e. The van der Waals surface area contributed by atoms with Crippen LogP contribution in [0, 0.1) is 0 Å². The van der Waals surface area contributed by atoms with E-state index in [2.05, 4.69) is 11.3 Å². The molecule has 1 saturated heterocycles. The highest BCUT2D eigenvalue weighted by molar-refractivity contribution is 5.95. The predicted molar refractivity (Wildman–Crippen MR) is 81.9 cm³/mol. The number of ether oxygens (including phenoxy) is 4. The van der Waals surface area contributed by atoms with E-state index in [1.807, 2.05) is 0 Å². The summed E-state index contributed by atoms with van der Waals surface area (Å²) in [6.45, 7) is 3.04. The molecule has 0 saturated carbocycles. The maximum atomic E-state index is 12.3. The lowest BCUT2D eigenvalue weighted by molar-refractivity contribution is -0.335. The van der Waals surface area contributed by atoms with Crippen molar-refractivity contribution in [3.63, 3.8) is 0 Å². The van der Waals surface area contributed by atoms with Crippen molar-refractivity contribution in [2.45, 2.75) is 45.3 Å². The van der Waals surface area contributed by atoms with Gasteiger partial charge in [-0.2, -0.15) is 0 Å². The lowest BCUT2D eigenvalue weighted by Crippen LogP contribution is -2.47. The number of hydrogen-bond donors (Lipinski definition) is 1. The zero-order valence-electron chi connectivity index (χ0n) is 14.7. The van der Waals surface area contributed by atoms with Crippen molar-refractivity contribution in [3.8, 4) is 0 Å². The fraction of sp³-hybridized carbons (Fsp3) is 0.533. The number of aliphatic imine (C=N–C) groups is 1. The van der Waals surface area contributed by atoms with E-state index < -0.39 is 59.9 Å². The van der Waals surface area contributed by atoms with Gasteiger partial charge in [-0.05, 0) is 4.99 Å². The number of nitrogens with two attached hydrogens (primary N) is 1. The van der Waals surface area contributed by atoms with Gasteiger partial charge < -0.3 is 29.8 Å². The average molecular weight is 383 g/mol. The van der Waals surface area contributed by atoms with Crippen LogP contribution in [-0.2, 0) is 38.1 Å². The molecule has 0 bridgehead atoms. The SMILES string of the molecule is CC(=O)OC[C@H]1O[C@@H](N2[C+]=NC(C(N)=O)=C2[O-])[C@H](OC(C)=O)[C@@H]1OC(C)=O. The van der Waals surface area contributed by atoms with Gasteiger partial charge in [-0.1, -0.05) is 0 Å². The van der Waals surface area contributed by atoms with Crippen LogP contribution in [0.2, 0.25) is 0 Å². The highest BCUT2D eigenvalue weighted by Crippen LogP contribution is 2.32. The summed E-state index contributed by atoms with van der Waals surface area (Å²) in [6.07, 6.45) is -2.63. The highest BCUT2D eigenvalue weighted by atomic mass is 16.7. The van der Waals surface area contributed by atoms with E-state index in [-0.39, 0.29) is 6.61 Å². The van der Waals surface area contributed by atoms with Crippen molar-refractivity contribution in [1.82, 2.24) is 4.90 Å². The Hall–Kier alpha value is -3.24. The van der Waals surface area contributed by atoms with Gasteiger partial charge in [-0.25, -0.2) is 4.79 Å². The second kappa shape index (κ2) is 7.98. The van der Waals surface area contributed by atoms with E-state index in [0.717, 1.165) is 25.7 Å². The molecule has 27 heavy (non-hydrogen) atoms. The van der Waals surface area contributed by atoms with Crippen molar-refractivity contribution in [3.05, 3.63) is 11.6 Å². The minimum Gasteiger partial charge on any atom is -0.789 e. The molecular weight excluding hydrogens is 366 g/mol. The van der Waals surface area contributed by atoms with Crippen LogP contribution >= 0.6 is 0 Å². The van der Waals surface area contributed by atoms with E-state index in [9.17, 15) is 24.3 Å². The molecule has 146 valence electrons. The van der Waals surface area contributed by atoms with Crippen LogP contribution in [-0.4, -0.2) is 66.2 Å². The zero-order valence-corrected chi connectivity index (χ0v) is 14.7. The van der Waals surface area contributed by atoms with E-state index in [4.69, 9.17) is 24.7 Å². The first-order valence-electron chi connectivity index (χ1n) is 7.71. The fourth-order valence-corrected chi connectivity index (χ4v) is 2.54. The summed E-state index contributed by atoms with van der Waals surface area (Å²) in [7, 11) is 0. The zero-order chi connectivity index (χ0) is 20.3. The third-order valence-corrected chi connectivity index (χ3v) is 3.52. The van der Waals surface area contributed by atoms with Crippen molar-refractivity contribution in [2.24, 2.45) is 10.7 Å². The van der Waals surface area contributed by atoms with E-state index in [1.54, 1.807) is 0 Å². The fourth-order valence-electron chi connectivity index (χ4n) is 2.54. The van der Waals surface area contributed by atoms with Crippen LogP contribution in [0.5, 0.6) is 0 Å². The molecule has 0 aromatic rings. The molecule has 2 aliphatic rings. The summed E-state index contributed by atoms with van der Waals surface area (Å²) in [4.78, 5) is 49.5. The van der Waals surface area contributed by atoms with E-state index in [0.29, 0.717) is 0 Å². The van der Waals surface area contributed by atoms with Gasteiger partial charge in [0.15, 0.2) is 18.1 Å². The molecule has 0 aromatic carbocycles. The Bertz CT molecular complexity index is 717. The minimum atomic E-state index is -1.34. The van der Waals surface area contributed by atoms with Crippen molar-refractivity contribution in [2.75, 3.05) is 6.61 Å². The minimum absolute atomic E-state index is 0.340. The standard InChI is InChI=1S/C15H17N3O9/c1-6(19)24-4-9-11(25-7(2)20)12(26-8(3)21)15(27-9)18-5-17-10(13(16)22)14(18)23/h9,11-12,15H,4H2,1-3H3,(H2-,16,22,23)/t9-,11-,12-,15-/m1/s1. The summed E-state index contributed by atoms with van der Waals surface area (Å²) < 4.78 is 20.8. The lowest BCUT2D eigenvalue weighted by Gasteiger charge is -2.25. The lowest BCUT2D eigenvalue weighted by atomic mass is 10.1. The molecule has 0 spiro atoms. The van der Waals surface area contributed by atoms with E-state index >= 15 is 0 Å². The van der Waals surface area contributed by atoms with Gasteiger partial charge in [0.1, 0.15) is 12.7 Å². The van der Waals surface area contributed by atoms with Crippen LogP contribution in [0.4, 0.5) is 0 Å². The number of primary amides is 1. The van der Waals surface area contributed by atoms with Gasteiger partial charge >= 0.3 is 29.5 Å². The Morgan fingerprint density at radius 1 is 1.15 bits per heavy atom. The third-order valence-electron chi connectivity index (χ3n) is 3.52. The molecule has 12 heteroatoms. The number of carbonyl (C=O) groups excluding carboxylic acids is 4. The molecule has 0 unspecified atom stereocenters. The second-order valence-corrected chi connectivity index (χ2v) is 5.62. The summed E-state index contributed by atoms with van der Waals surface area (Å²) >= 11 is 0. The van der Waals surface area contributed by atoms with Crippen LogP contribution < -0.4 is 10.8 Å². The Kier molecular flexibility index (Phi) is 5.93. The molecule has 2 rings (SSSR count). The first-order valence-corrected chi connectivity index (χ1v) is 7.71. The van der Waals surface area contributed by atoms with Crippen molar-refractivity contribution < 1.29 is 43.2 Å². The molecule has 12 nitrogen and oxygen atoms in total. The first-order chi connectivity index (χ1) is 12.6.